The zero-order chi connectivity index (χ0) is 13.5. The van der Waals surface area contributed by atoms with Gasteiger partial charge >= 0.3 is 11.9 Å². The molecule has 0 amide bonds. The van der Waals surface area contributed by atoms with Crippen molar-refractivity contribution >= 4 is 11.9 Å². The highest BCUT2D eigenvalue weighted by Gasteiger charge is 2.22. The maximum atomic E-state index is 10.9. The van der Waals surface area contributed by atoms with Gasteiger partial charge in [0.1, 0.15) is 0 Å². The van der Waals surface area contributed by atoms with Gasteiger partial charge in [0, 0.05) is 25.5 Å². The molecule has 1 atom stereocenters. The standard InChI is InChI=1S/C12H16N2O4/c1-14(7-9-2-4-13-5-3-9)8-10(12(17)18)6-11(15)16/h2-5,10H,6-8H2,1H3,(H,15,16)(H,17,18). The summed E-state index contributed by atoms with van der Waals surface area (Å²) in [5, 5.41) is 17.6. The normalized spacial score (nSPS) is 12.3. The van der Waals surface area contributed by atoms with Gasteiger partial charge in [-0.1, -0.05) is 0 Å². The average molecular weight is 252 g/mol. The van der Waals surface area contributed by atoms with Gasteiger partial charge in [-0.05, 0) is 24.7 Å². The van der Waals surface area contributed by atoms with Crippen LogP contribution in [0, 0.1) is 5.92 Å². The second kappa shape index (κ2) is 6.70. The van der Waals surface area contributed by atoms with Crippen molar-refractivity contribution in [3.05, 3.63) is 30.1 Å². The van der Waals surface area contributed by atoms with E-state index in [0.717, 1.165) is 5.56 Å². The van der Waals surface area contributed by atoms with Crippen LogP contribution in [0.25, 0.3) is 0 Å². The molecule has 0 radical (unpaired) electrons. The fourth-order valence-electron chi connectivity index (χ4n) is 1.68. The van der Waals surface area contributed by atoms with E-state index in [1.165, 1.54) is 0 Å². The predicted octanol–water partition coefficient (Wildman–Crippen LogP) is 0.689. The van der Waals surface area contributed by atoms with Crippen LogP contribution in [0.3, 0.4) is 0 Å². The van der Waals surface area contributed by atoms with Crippen molar-refractivity contribution in [1.29, 1.82) is 0 Å². The zero-order valence-electron chi connectivity index (χ0n) is 10.1. The summed E-state index contributed by atoms with van der Waals surface area (Å²) in [4.78, 5) is 27.2. The van der Waals surface area contributed by atoms with Gasteiger partial charge in [0.15, 0.2) is 0 Å². The first-order valence-electron chi connectivity index (χ1n) is 5.51. The minimum absolute atomic E-state index is 0.198. The molecule has 0 spiro atoms. The molecule has 6 heteroatoms. The average Bonchev–Trinajstić information content (AvgIpc) is 2.28. The van der Waals surface area contributed by atoms with Crippen LogP contribution >= 0.6 is 0 Å². The van der Waals surface area contributed by atoms with Crippen molar-refractivity contribution in [2.45, 2.75) is 13.0 Å². The smallest absolute Gasteiger partial charge is 0.308 e. The molecule has 0 aromatic carbocycles. The number of aromatic nitrogens is 1. The molecule has 0 aliphatic rings. The van der Waals surface area contributed by atoms with E-state index < -0.39 is 17.9 Å². The van der Waals surface area contributed by atoms with E-state index >= 15 is 0 Å². The lowest BCUT2D eigenvalue weighted by molar-refractivity contribution is -0.148. The van der Waals surface area contributed by atoms with Crippen molar-refractivity contribution in [2.75, 3.05) is 13.6 Å². The number of hydrogen-bond acceptors (Lipinski definition) is 4. The van der Waals surface area contributed by atoms with Crippen LogP contribution < -0.4 is 0 Å². The summed E-state index contributed by atoms with van der Waals surface area (Å²) >= 11 is 0. The maximum Gasteiger partial charge on any atom is 0.308 e. The van der Waals surface area contributed by atoms with Gasteiger partial charge in [-0.3, -0.25) is 14.6 Å². The van der Waals surface area contributed by atoms with Crippen molar-refractivity contribution in [1.82, 2.24) is 9.88 Å². The molecular weight excluding hydrogens is 236 g/mol. The largest absolute Gasteiger partial charge is 0.481 e. The number of hydrogen-bond donors (Lipinski definition) is 2. The number of pyridine rings is 1. The lowest BCUT2D eigenvalue weighted by Gasteiger charge is -2.20. The molecule has 1 aromatic rings. The van der Waals surface area contributed by atoms with E-state index in [1.807, 2.05) is 12.1 Å². The van der Waals surface area contributed by atoms with Gasteiger partial charge in [0.25, 0.3) is 0 Å². The topological polar surface area (TPSA) is 90.7 Å². The third-order valence-electron chi connectivity index (χ3n) is 2.50. The van der Waals surface area contributed by atoms with Crippen LogP contribution in [0.15, 0.2) is 24.5 Å². The van der Waals surface area contributed by atoms with Gasteiger partial charge in [-0.15, -0.1) is 0 Å². The van der Waals surface area contributed by atoms with Gasteiger partial charge in [0.05, 0.1) is 12.3 Å². The molecule has 0 bridgehead atoms. The maximum absolute atomic E-state index is 10.9. The summed E-state index contributed by atoms with van der Waals surface area (Å²) in [5.74, 6) is -3.08. The van der Waals surface area contributed by atoms with E-state index in [2.05, 4.69) is 4.98 Å². The molecule has 18 heavy (non-hydrogen) atoms. The number of carboxylic acids is 2. The minimum atomic E-state index is -1.10. The van der Waals surface area contributed by atoms with E-state index in [-0.39, 0.29) is 13.0 Å². The van der Waals surface area contributed by atoms with Crippen LogP contribution in [0.5, 0.6) is 0 Å². The lowest BCUT2D eigenvalue weighted by atomic mass is 10.1. The summed E-state index contributed by atoms with van der Waals surface area (Å²) in [6.45, 7) is 0.760. The molecular formula is C12H16N2O4. The Morgan fingerprint density at radius 1 is 1.33 bits per heavy atom. The Kier molecular flexibility index (Phi) is 5.26. The monoisotopic (exact) mass is 252 g/mol. The molecule has 0 saturated carbocycles. The van der Waals surface area contributed by atoms with Crippen LogP contribution in [0.2, 0.25) is 0 Å². The zero-order valence-corrected chi connectivity index (χ0v) is 10.1. The number of nitrogens with zero attached hydrogens (tertiary/aromatic N) is 2. The quantitative estimate of drug-likeness (QED) is 0.742. The van der Waals surface area contributed by atoms with Crippen LogP contribution in [0.1, 0.15) is 12.0 Å². The number of carbonyl (C=O) groups is 2. The SMILES string of the molecule is CN(Cc1ccncc1)CC(CC(=O)O)C(=O)O. The molecule has 0 saturated heterocycles. The Morgan fingerprint density at radius 3 is 2.44 bits per heavy atom. The highest BCUT2D eigenvalue weighted by atomic mass is 16.4. The first kappa shape index (κ1) is 14.1. The van der Waals surface area contributed by atoms with Gasteiger partial charge < -0.3 is 15.1 Å². The molecule has 0 fully saturated rings. The molecule has 98 valence electrons. The Labute approximate surface area is 105 Å². The third kappa shape index (κ3) is 4.92. The molecule has 2 N–H and O–H groups in total. The Hall–Kier alpha value is -1.95. The van der Waals surface area contributed by atoms with Crippen LogP contribution in [0.4, 0.5) is 0 Å². The van der Waals surface area contributed by atoms with Gasteiger partial charge in [-0.2, -0.15) is 0 Å². The molecule has 0 aliphatic carbocycles. The second-order valence-corrected chi connectivity index (χ2v) is 4.19. The number of carboxylic acid groups (broad SMARTS) is 2. The minimum Gasteiger partial charge on any atom is -0.481 e. The second-order valence-electron chi connectivity index (χ2n) is 4.19. The first-order chi connectivity index (χ1) is 8.49. The number of rotatable bonds is 7. The molecule has 1 heterocycles. The van der Waals surface area contributed by atoms with Gasteiger partial charge in [-0.25, -0.2) is 0 Å². The molecule has 1 unspecified atom stereocenters. The van der Waals surface area contributed by atoms with E-state index in [4.69, 9.17) is 10.2 Å². The third-order valence-corrected chi connectivity index (χ3v) is 2.50. The first-order valence-corrected chi connectivity index (χ1v) is 5.51. The van der Waals surface area contributed by atoms with E-state index in [9.17, 15) is 9.59 Å². The molecule has 1 aromatic heterocycles. The van der Waals surface area contributed by atoms with E-state index in [0.29, 0.717) is 6.54 Å². The fraction of sp³-hybridized carbons (Fsp3) is 0.417. The van der Waals surface area contributed by atoms with Crippen molar-refractivity contribution in [3.63, 3.8) is 0 Å². The Morgan fingerprint density at radius 2 is 1.94 bits per heavy atom. The summed E-state index contributed by atoms with van der Waals surface area (Å²) < 4.78 is 0. The Balaban J connectivity index is 2.53. The summed E-state index contributed by atoms with van der Waals surface area (Å²) in [7, 11) is 1.76. The Bertz CT molecular complexity index is 408. The molecule has 6 nitrogen and oxygen atoms in total. The predicted molar refractivity (Wildman–Crippen MR) is 63.9 cm³/mol. The van der Waals surface area contributed by atoms with Crippen molar-refractivity contribution in [3.8, 4) is 0 Å². The highest BCUT2D eigenvalue weighted by Crippen LogP contribution is 2.08. The highest BCUT2D eigenvalue weighted by molar-refractivity contribution is 5.77. The van der Waals surface area contributed by atoms with Crippen LogP contribution in [-0.2, 0) is 16.1 Å². The van der Waals surface area contributed by atoms with E-state index in [1.54, 1.807) is 24.3 Å². The molecule has 1 rings (SSSR count). The fourth-order valence-corrected chi connectivity index (χ4v) is 1.68. The molecule has 0 aliphatic heterocycles. The van der Waals surface area contributed by atoms with Gasteiger partial charge in [0.2, 0.25) is 0 Å². The summed E-state index contributed by atoms with van der Waals surface area (Å²) in [6.07, 6.45) is 2.96. The van der Waals surface area contributed by atoms with Crippen LogP contribution in [-0.4, -0.2) is 45.6 Å². The van der Waals surface area contributed by atoms with Crippen molar-refractivity contribution < 1.29 is 19.8 Å². The lowest BCUT2D eigenvalue weighted by Crippen LogP contribution is -2.31. The summed E-state index contributed by atoms with van der Waals surface area (Å²) in [5.41, 5.74) is 1.01. The van der Waals surface area contributed by atoms with Crippen molar-refractivity contribution in [2.24, 2.45) is 5.92 Å². The summed E-state index contributed by atoms with van der Waals surface area (Å²) in [6, 6.07) is 3.67. The number of aliphatic carboxylic acids is 2.